The molecular formula is C33H36FN2NaO5. The van der Waals surface area contributed by atoms with Crippen LogP contribution in [0.2, 0.25) is 0 Å². The van der Waals surface area contributed by atoms with Crippen LogP contribution in [-0.4, -0.2) is 73.5 Å². The van der Waals surface area contributed by atoms with Gasteiger partial charge >= 0.3 is 35.5 Å². The number of aliphatic carboxylic acids is 1. The van der Waals surface area contributed by atoms with Crippen molar-refractivity contribution in [3.8, 4) is 22.3 Å². The zero-order chi connectivity index (χ0) is 29.5. The van der Waals surface area contributed by atoms with E-state index in [9.17, 15) is 24.2 Å². The number of hydrogen-bond donors (Lipinski definition) is 4. The van der Waals surface area contributed by atoms with Crippen LogP contribution in [0.4, 0.5) is 10.1 Å². The van der Waals surface area contributed by atoms with Crippen LogP contribution < -0.4 is 5.32 Å². The van der Waals surface area contributed by atoms with Gasteiger partial charge in [0.1, 0.15) is 11.5 Å². The van der Waals surface area contributed by atoms with E-state index in [0.717, 1.165) is 16.8 Å². The Kier molecular flexibility index (Phi) is 12.1. The van der Waals surface area contributed by atoms with Crippen molar-refractivity contribution in [3.63, 3.8) is 0 Å². The Bertz CT molecular complexity index is 1470. The first-order chi connectivity index (χ1) is 19.7. The van der Waals surface area contributed by atoms with E-state index in [1.54, 1.807) is 12.1 Å². The standard InChI is InChI=1S/C33H35FN2O5.Na.H/c1-21(2)36-28(18-17-26(37)19-27(38)20-29(39)40)30(23-13-15-24(34)16-14-23)31(22-9-5-3-6-10-22)32(36)33(41)35-25-11-7-4-8-12-25;;/h3-16,21,26-27,37-38H,17-20H2,1-2H3,(H,35,41)(H,39,40);;/t26-,27-;;/m1../s1. The molecule has 0 aliphatic carbocycles. The monoisotopic (exact) mass is 582 g/mol. The number of amides is 1. The van der Waals surface area contributed by atoms with E-state index in [1.807, 2.05) is 79.1 Å². The van der Waals surface area contributed by atoms with Crippen molar-refractivity contribution in [3.05, 3.63) is 102 Å². The van der Waals surface area contributed by atoms with Gasteiger partial charge in [0, 0.05) is 28.6 Å². The van der Waals surface area contributed by atoms with E-state index in [4.69, 9.17) is 5.11 Å². The molecule has 7 nitrogen and oxygen atoms in total. The SMILES string of the molecule is CC(C)n1c(CC[C@@H](O)C[C@@H](O)CC(=O)O)c(-c2ccc(F)cc2)c(-c2ccccc2)c1C(=O)Nc1ccccc1.[NaH]. The number of nitrogens with zero attached hydrogens (tertiary/aromatic N) is 1. The van der Waals surface area contributed by atoms with Crippen molar-refractivity contribution in [2.45, 2.75) is 57.8 Å². The van der Waals surface area contributed by atoms with Gasteiger partial charge in [-0.2, -0.15) is 0 Å². The van der Waals surface area contributed by atoms with Crippen molar-refractivity contribution in [1.29, 1.82) is 0 Å². The Morgan fingerprint density at radius 1 is 0.833 bits per heavy atom. The number of carbonyl (C=O) groups excluding carboxylic acids is 1. The third-order valence-corrected chi connectivity index (χ3v) is 6.93. The summed E-state index contributed by atoms with van der Waals surface area (Å²) in [5.41, 5.74) is 4.81. The van der Waals surface area contributed by atoms with Crippen LogP contribution in [0.25, 0.3) is 22.3 Å². The average Bonchev–Trinajstić information content (AvgIpc) is 3.28. The summed E-state index contributed by atoms with van der Waals surface area (Å²) in [5, 5.41) is 32.8. The third kappa shape index (κ3) is 8.18. The summed E-state index contributed by atoms with van der Waals surface area (Å²) in [5.74, 6) is -1.83. The number of aromatic nitrogens is 1. The predicted octanol–water partition coefficient (Wildman–Crippen LogP) is 5.67. The van der Waals surface area contributed by atoms with Crippen LogP contribution in [0.5, 0.6) is 0 Å². The quantitative estimate of drug-likeness (QED) is 0.161. The zero-order valence-corrected chi connectivity index (χ0v) is 23.1. The average molecular weight is 583 g/mol. The van der Waals surface area contributed by atoms with Gasteiger partial charge in [0.05, 0.1) is 18.6 Å². The molecule has 0 saturated heterocycles. The molecule has 0 fully saturated rings. The molecule has 4 aromatic rings. The molecule has 1 heterocycles. The third-order valence-electron chi connectivity index (χ3n) is 6.93. The Hall–Kier alpha value is -3.27. The Labute approximate surface area is 267 Å². The number of para-hydroxylation sites is 1. The molecule has 0 radical (unpaired) electrons. The number of hydrogen-bond acceptors (Lipinski definition) is 4. The maximum absolute atomic E-state index is 14.0. The summed E-state index contributed by atoms with van der Waals surface area (Å²) in [4.78, 5) is 25.0. The fourth-order valence-electron chi connectivity index (χ4n) is 5.22. The van der Waals surface area contributed by atoms with Gasteiger partial charge < -0.3 is 25.2 Å². The summed E-state index contributed by atoms with van der Waals surface area (Å²) in [6.45, 7) is 3.94. The molecule has 0 aliphatic heterocycles. The molecule has 0 saturated carbocycles. The molecule has 4 N–H and O–H groups in total. The van der Waals surface area contributed by atoms with Gasteiger partial charge in [0.25, 0.3) is 5.91 Å². The number of carbonyl (C=O) groups is 2. The number of anilines is 1. The van der Waals surface area contributed by atoms with Gasteiger partial charge in [-0.15, -0.1) is 0 Å². The first-order valence-electron chi connectivity index (χ1n) is 13.7. The van der Waals surface area contributed by atoms with E-state index in [2.05, 4.69) is 5.32 Å². The molecule has 0 bridgehead atoms. The molecule has 9 heteroatoms. The Morgan fingerprint density at radius 2 is 1.40 bits per heavy atom. The molecule has 0 aliphatic rings. The van der Waals surface area contributed by atoms with Gasteiger partial charge in [0.2, 0.25) is 0 Å². The second kappa shape index (κ2) is 15.3. The fourth-order valence-corrected chi connectivity index (χ4v) is 5.22. The molecule has 3 aromatic carbocycles. The summed E-state index contributed by atoms with van der Waals surface area (Å²) < 4.78 is 16.0. The van der Waals surface area contributed by atoms with Crippen molar-refractivity contribution >= 4 is 47.1 Å². The van der Waals surface area contributed by atoms with Crippen molar-refractivity contribution in [1.82, 2.24) is 4.57 Å². The van der Waals surface area contributed by atoms with Gasteiger partial charge in [-0.3, -0.25) is 9.59 Å². The number of rotatable bonds is 12. The molecular weight excluding hydrogens is 546 g/mol. The molecule has 0 unspecified atom stereocenters. The normalized spacial score (nSPS) is 12.4. The second-order valence-electron chi connectivity index (χ2n) is 10.4. The summed E-state index contributed by atoms with van der Waals surface area (Å²) in [7, 11) is 0. The van der Waals surface area contributed by atoms with E-state index < -0.39 is 24.6 Å². The number of nitrogens with one attached hydrogen (secondary N) is 1. The summed E-state index contributed by atoms with van der Waals surface area (Å²) >= 11 is 0. The number of halogens is 1. The zero-order valence-electron chi connectivity index (χ0n) is 23.1. The number of carboxylic acid groups (broad SMARTS) is 1. The first kappa shape index (κ1) is 33.2. The molecule has 0 spiro atoms. The second-order valence-corrected chi connectivity index (χ2v) is 10.4. The number of aliphatic hydroxyl groups excluding tert-OH is 2. The molecule has 1 amide bonds. The van der Waals surface area contributed by atoms with Gasteiger partial charge in [-0.05, 0) is 68.5 Å². The van der Waals surface area contributed by atoms with E-state index in [0.29, 0.717) is 28.9 Å². The van der Waals surface area contributed by atoms with Crippen LogP contribution in [0.3, 0.4) is 0 Å². The van der Waals surface area contributed by atoms with Crippen LogP contribution in [0.15, 0.2) is 84.9 Å². The minimum atomic E-state index is -1.18. The van der Waals surface area contributed by atoms with Crippen molar-refractivity contribution in [2.24, 2.45) is 0 Å². The molecule has 42 heavy (non-hydrogen) atoms. The van der Waals surface area contributed by atoms with E-state index in [-0.39, 0.29) is 60.2 Å². The Morgan fingerprint density at radius 3 is 1.98 bits per heavy atom. The minimum absolute atomic E-state index is 0. The van der Waals surface area contributed by atoms with Gasteiger partial charge in [0.15, 0.2) is 0 Å². The number of carboxylic acids is 1. The van der Waals surface area contributed by atoms with Crippen molar-refractivity contribution in [2.75, 3.05) is 5.32 Å². The van der Waals surface area contributed by atoms with Gasteiger partial charge in [-0.1, -0.05) is 60.7 Å². The predicted molar refractivity (Wildman–Crippen MR) is 164 cm³/mol. The summed E-state index contributed by atoms with van der Waals surface area (Å²) in [6, 6.07) is 24.6. The van der Waals surface area contributed by atoms with E-state index in [1.165, 1.54) is 12.1 Å². The van der Waals surface area contributed by atoms with Crippen molar-refractivity contribution < 1.29 is 29.3 Å². The molecule has 4 rings (SSSR count). The van der Waals surface area contributed by atoms with Crippen LogP contribution in [0.1, 0.15) is 55.3 Å². The van der Waals surface area contributed by atoms with Gasteiger partial charge in [-0.25, -0.2) is 4.39 Å². The topological polar surface area (TPSA) is 112 Å². The molecule has 2 atom stereocenters. The van der Waals surface area contributed by atoms with E-state index >= 15 is 0 Å². The van der Waals surface area contributed by atoms with Crippen LogP contribution >= 0.6 is 0 Å². The maximum atomic E-state index is 14.0. The summed E-state index contributed by atoms with van der Waals surface area (Å²) in [6.07, 6.45) is -2.15. The number of aliphatic hydroxyl groups is 2. The molecule has 216 valence electrons. The fraction of sp³-hybridized carbons (Fsp3) is 0.273. The Balaban J connectivity index is 0.00000484. The number of benzene rings is 3. The first-order valence-corrected chi connectivity index (χ1v) is 13.7. The van der Waals surface area contributed by atoms with Crippen LogP contribution in [0, 0.1) is 5.82 Å². The molecule has 1 aromatic heterocycles. The van der Waals surface area contributed by atoms with Crippen LogP contribution in [-0.2, 0) is 11.2 Å².